The van der Waals surface area contributed by atoms with E-state index in [-0.39, 0.29) is 12.1 Å². The van der Waals surface area contributed by atoms with Gasteiger partial charge >= 0.3 is 0 Å². The lowest BCUT2D eigenvalue weighted by atomic mass is 9.96. The van der Waals surface area contributed by atoms with Crippen LogP contribution in [0.5, 0.6) is 0 Å². The van der Waals surface area contributed by atoms with Gasteiger partial charge in [0.1, 0.15) is 0 Å². The predicted octanol–water partition coefficient (Wildman–Crippen LogP) is 4.91. The lowest BCUT2D eigenvalue weighted by molar-refractivity contribution is -0.116. The summed E-state index contributed by atoms with van der Waals surface area (Å²) >= 11 is 0. The highest BCUT2D eigenvalue weighted by Gasteiger charge is 2.22. The number of nitrogens with two attached hydrogens (primary N) is 2. The predicted molar refractivity (Wildman–Crippen MR) is 120 cm³/mol. The Hall–Kier alpha value is -2.79. The van der Waals surface area contributed by atoms with Crippen molar-refractivity contribution in [2.24, 2.45) is 11.5 Å². The largest absolute Gasteiger partial charge is 0.397 e. The number of anilines is 1. The summed E-state index contributed by atoms with van der Waals surface area (Å²) in [7, 11) is 0. The Morgan fingerprint density at radius 1 is 1.11 bits per heavy atom. The number of nitrogens with zero attached hydrogens (tertiary/aromatic N) is 1. The zero-order valence-corrected chi connectivity index (χ0v) is 17.5. The van der Waals surface area contributed by atoms with E-state index >= 15 is 0 Å². The fourth-order valence-electron chi connectivity index (χ4n) is 2.44. The van der Waals surface area contributed by atoms with Gasteiger partial charge in [-0.2, -0.15) is 0 Å². The molecule has 0 saturated carbocycles. The van der Waals surface area contributed by atoms with Crippen LogP contribution in [0.1, 0.15) is 46.6 Å². The summed E-state index contributed by atoms with van der Waals surface area (Å²) in [4.78, 5) is 13.7. The summed E-state index contributed by atoms with van der Waals surface area (Å²) in [5.74, 6) is -0.0708. The molecule has 1 aliphatic heterocycles. The first-order chi connectivity index (χ1) is 12.4. The van der Waals surface area contributed by atoms with Crippen molar-refractivity contribution in [3.8, 4) is 0 Å². The molecule has 0 aromatic heterocycles. The summed E-state index contributed by atoms with van der Waals surface area (Å²) in [5.41, 5.74) is 16.3. The Bertz CT molecular complexity index is 702. The van der Waals surface area contributed by atoms with E-state index in [4.69, 9.17) is 11.5 Å². The van der Waals surface area contributed by atoms with Gasteiger partial charge in [-0.1, -0.05) is 77.6 Å². The molecule has 0 fully saturated rings. The van der Waals surface area contributed by atoms with Crippen LogP contribution in [-0.2, 0) is 4.79 Å². The monoisotopic (exact) mass is 372 g/mol. The standard InChI is InChI=1S/C17H19N3O.C3H8.C2H6.H3N/c1-4-12-10-20(11(3)21)15-9-7-6-8-14(15)17(19)16(18)13(12)5-2;1-3-2;1-2;/h4-9H,1-2,10,18-19H2,3H3;3H2,1-2H3;1-2H3;1H3/b13-12-,17-16-;;;. The van der Waals surface area contributed by atoms with E-state index in [2.05, 4.69) is 27.0 Å². The van der Waals surface area contributed by atoms with Gasteiger partial charge in [-0.15, -0.1) is 0 Å². The Balaban J connectivity index is 0. The number of hydrogen-bond acceptors (Lipinski definition) is 4. The molecule has 0 atom stereocenters. The van der Waals surface area contributed by atoms with Gasteiger partial charge in [0.15, 0.2) is 0 Å². The van der Waals surface area contributed by atoms with Crippen molar-refractivity contribution in [1.29, 1.82) is 0 Å². The smallest absolute Gasteiger partial charge is 0.224 e. The normalized spacial score (nSPS) is 18.0. The first kappa shape index (κ1) is 26.4. The second kappa shape index (κ2) is 13.4. The van der Waals surface area contributed by atoms with Crippen molar-refractivity contribution in [3.63, 3.8) is 0 Å². The highest BCUT2D eigenvalue weighted by molar-refractivity contribution is 5.96. The van der Waals surface area contributed by atoms with Crippen molar-refractivity contribution < 1.29 is 4.79 Å². The average molecular weight is 373 g/mol. The van der Waals surface area contributed by atoms with Gasteiger partial charge in [0.2, 0.25) is 5.91 Å². The number of benzene rings is 1. The summed E-state index contributed by atoms with van der Waals surface area (Å²) in [6.45, 7) is 17.7. The van der Waals surface area contributed by atoms with Gasteiger partial charge in [0.05, 0.1) is 23.6 Å². The molecular formula is C22H36N4O. The van der Waals surface area contributed by atoms with Crippen LogP contribution >= 0.6 is 0 Å². The average Bonchev–Trinajstić information content (AvgIpc) is 2.65. The van der Waals surface area contributed by atoms with E-state index in [1.165, 1.54) is 13.3 Å². The van der Waals surface area contributed by atoms with E-state index in [9.17, 15) is 4.79 Å². The number of allylic oxidation sites excluding steroid dienone is 1. The molecule has 27 heavy (non-hydrogen) atoms. The lowest BCUT2D eigenvalue weighted by Crippen LogP contribution is -2.33. The quantitative estimate of drug-likeness (QED) is 0.685. The molecule has 5 heteroatoms. The Kier molecular flexibility index (Phi) is 13.1. The molecule has 2 rings (SSSR count). The molecule has 0 spiro atoms. The summed E-state index contributed by atoms with van der Waals surface area (Å²) in [6.07, 6.45) is 4.58. The third kappa shape index (κ3) is 6.46. The molecule has 1 amide bonds. The van der Waals surface area contributed by atoms with Gasteiger partial charge in [0.25, 0.3) is 0 Å². The Labute approximate surface area is 164 Å². The first-order valence-electron chi connectivity index (χ1n) is 9.03. The van der Waals surface area contributed by atoms with Crippen LogP contribution < -0.4 is 22.5 Å². The molecule has 1 aromatic rings. The van der Waals surface area contributed by atoms with E-state index in [1.54, 1.807) is 17.1 Å². The summed E-state index contributed by atoms with van der Waals surface area (Å²) in [6, 6.07) is 7.44. The number of para-hydroxylation sites is 1. The van der Waals surface area contributed by atoms with Gasteiger partial charge in [-0.05, 0) is 11.6 Å². The first-order valence-corrected chi connectivity index (χ1v) is 9.03. The molecule has 5 nitrogen and oxygen atoms in total. The van der Waals surface area contributed by atoms with Gasteiger partial charge in [0, 0.05) is 18.1 Å². The SMILES string of the molecule is C=C/C1=C(C=C)/C(N)=C(/N)c2ccccc2N(C(C)=O)C1.CC.CCC.N. The third-order valence-corrected chi connectivity index (χ3v) is 3.57. The second-order valence-electron chi connectivity index (χ2n) is 5.50. The maximum Gasteiger partial charge on any atom is 0.224 e. The molecule has 0 saturated heterocycles. The van der Waals surface area contributed by atoms with Crippen molar-refractivity contribution in [1.82, 2.24) is 6.15 Å². The van der Waals surface area contributed by atoms with Crippen LogP contribution in [-0.4, -0.2) is 12.5 Å². The maximum absolute atomic E-state index is 12.0. The molecular weight excluding hydrogens is 336 g/mol. The third-order valence-electron chi connectivity index (χ3n) is 3.57. The molecule has 0 aliphatic carbocycles. The minimum Gasteiger partial charge on any atom is -0.397 e. The highest BCUT2D eigenvalue weighted by Crippen LogP contribution is 2.32. The van der Waals surface area contributed by atoms with E-state index in [0.717, 1.165) is 16.8 Å². The number of fused-ring (bicyclic) bond motifs is 1. The van der Waals surface area contributed by atoms with Gasteiger partial charge in [-0.25, -0.2) is 0 Å². The fraction of sp³-hybridized carbons (Fsp3) is 0.318. The number of hydrogen-bond donors (Lipinski definition) is 3. The van der Waals surface area contributed by atoms with E-state index in [0.29, 0.717) is 23.5 Å². The van der Waals surface area contributed by atoms with Crippen LogP contribution in [0.2, 0.25) is 0 Å². The van der Waals surface area contributed by atoms with Crippen molar-refractivity contribution in [3.05, 3.63) is 72.0 Å². The zero-order chi connectivity index (χ0) is 20.3. The summed E-state index contributed by atoms with van der Waals surface area (Å²) in [5, 5.41) is 0. The Morgan fingerprint density at radius 3 is 2.07 bits per heavy atom. The maximum atomic E-state index is 12.0. The van der Waals surface area contributed by atoms with Gasteiger partial charge < -0.3 is 22.5 Å². The topological polar surface area (TPSA) is 107 Å². The summed E-state index contributed by atoms with van der Waals surface area (Å²) < 4.78 is 0. The molecule has 1 aromatic carbocycles. The lowest BCUT2D eigenvalue weighted by Gasteiger charge is -2.28. The van der Waals surface area contributed by atoms with Crippen LogP contribution in [0, 0.1) is 0 Å². The second-order valence-corrected chi connectivity index (χ2v) is 5.50. The molecule has 150 valence electrons. The number of rotatable bonds is 2. The van der Waals surface area contributed by atoms with Crippen molar-refractivity contribution in [2.75, 3.05) is 11.4 Å². The zero-order valence-electron chi connectivity index (χ0n) is 17.5. The van der Waals surface area contributed by atoms with Crippen LogP contribution in [0.25, 0.3) is 5.70 Å². The van der Waals surface area contributed by atoms with Crippen molar-refractivity contribution >= 4 is 17.3 Å². The highest BCUT2D eigenvalue weighted by atomic mass is 16.2. The van der Waals surface area contributed by atoms with E-state index in [1.807, 2.05) is 38.1 Å². The number of amides is 1. The molecule has 1 heterocycles. The molecule has 7 N–H and O–H groups in total. The minimum atomic E-state index is -0.0708. The molecule has 0 bridgehead atoms. The van der Waals surface area contributed by atoms with Crippen LogP contribution in [0.15, 0.2) is 66.4 Å². The molecule has 0 radical (unpaired) electrons. The van der Waals surface area contributed by atoms with E-state index < -0.39 is 0 Å². The van der Waals surface area contributed by atoms with Gasteiger partial charge in [-0.3, -0.25) is 4.79 Å². The van der Waals surface area contributed by atoms with Crippen LogP contribution in [0.3, 0.4) is 0 Å². The number of carbonyl (C=O) groups is 1. The Morgan fingerprint density at radius 2 is 1.63 bits per heavy atom. The number of carbonyl (C=O) groups excluding carboxylic acids is 1. The van der Waals surface area contributed by atoms with Crippen LogP contribution in [0.4, 0.5) is 5.69 Å². The van der Waals surface area contributed by atoms with Crippen molar-refractivity contribution in [2.45, 2.75) is 41.0 Å². The molecule has 0 unspecified atom stereocenters. The minimum absolute atomic E-state index is 0. The fourth-order valence-corrected chi connectivity index (χ4v) is 2.44. The molecule has 1 aliphatic rings.